The zero-order valence-electron chi connectivity index (χ0n) is 18.3. The highest BCUT2D eigenvalue weighted by atomic mass is 35.5. The SMILES string of the molecule is CC(C)CCn1c(SCc2ccc(F)cc2Cl)nc2c(-c3ccccc3)cn(C)c2c1=O. The van der Waals surface area contributed by atoms with E-state index < -0.39 is 0 Å². The van der Waals surface area contributed by atoms with Gasteiger partial charge in [0.15, 0.2) is 5.16 Å². The van der Waals surface area contributed by atoms with E-state index in [2.05, 4.69) is 13.8 Å². The van der Waals surface area contributed by atoms with Crippen LogP contribution in [0.25, 0.3) is 22.2 Å². The number of rotatable bonds is 7. The van der Waals surface area contributed by atoms with Crippen molar-refractivity contribution in [3.8, 4) is 11.1 Å². The Balaban J connectivity index is 1.82. The van der Waals surface area contributed by atoms with Crippen LogP contribution < -0.4 is 5.56 Å². The van der Waals surface area contributed by atoms with Crippen molar-refractivity contribution in [3.05, 3.63) is 81.5 Å². The van der Waals surface area contributed by atoms with Gasteiger partial charge in [0.1, 0.15) is 16.9 Å². The smallest absolute Gasteiger partial charge is 0.278 e. The fourth-order valence-electron chi connectivity index (χ4n) is 3.65. The first kappa shape index (κ1) is 22.6. The maximum Gasteiger partial charge on any atom is 0.278 e. The lowest BCUT2D eigenvalue weighted by Crippen LogP contribution is -2.25. The minimum atomic E-state index is -0.367. The fourth-order valence-corrected chi connectivity index (χ4v) is 4.99. The molecule has 0 aliphatic carbocycles. The fraction of sp³-hybridized carbons (Fsp3) is 0.280. The number of nitrogens with zero attached hydrogens (tertiary/aromatic N) is 3. The van der Waals surface area contributed by atoms with Gasteiger partial charge < -0.3 is 4.57 Å². The van der Waals surface area contributed by atoms with E-state index in [1.165, 1.54) is 23.9 Å². The topological polar surface area (TPSA) is 39.8 Å². The molecule has 0 spiro atoms. The van der Waals surface area contributed by atoms with Crippen molar-refractivity contribution in [1.29, 1.82) is 0 Å². The predicted octanol–water partition coefficient (Wildman–Crippen LogP) is 6.53. The van der Waals surface area contributed by atoms with Crippen LogP contribution in [0, 0.1) is 11.7 Å². The van der Waals surface area contributed by atoms with Gasteiger partial charge in [0.05, 0.1) is 0 Å². The summed E-state index contributed by atoms with van der Waals surface area (Å²) in [5, 5.41) is 1.02. The van der Waals surface area contributed by atoms with Gasteiger partial charge in [-0.25, -0.2) is 9.37 Å². The van der Waals surface area contributed by atoms with Gasteiger partial charge >= 0.3 is 0 Å². The van der Waals surface area contributed by atoms with Crippen LogP contribution in [-0.4, -0.2) is 14.1 Å². The Morgan fingerprint density at radius 2 is 1.91 bits per heavy atom. The third-order valence-electron chi connectivity index (χ3n) is 5.43. The van der Waals surface area contributed by atoms with Gasteiger partial charge in [-0.3, -0.25) is 9.36 Å². The number of hydrogen-bond donors (Lipinski definition) is 0. The molecular weight excluding hydrogens is 445 g/mol. The number of benzene rings is 2. The van der Waals surface area contributed by atoms with Crippen molar-refractivity contribution in [3.63, 3.8) is 0 Å². The maximum absolute atomic E-state index is 13.6. The second-order valence-electron chi connectivity index (χ2n) is 8.28. The predicted molar refractivity (Wildman–Crippen MR) is 131 cm³/mol. The molecule has 0 radical (unpaired) electrons. The van der Waals surface area contributed by atoms with Crippen molar-refractivity contribution in [1.82, 2.24) is 14.1 Å². The van der Waals surface area contributed by atoms with Gasteiger partial charge in [0.2, 0.25) is 0 Å². The molecule has 166 valence electrons. The summed E-state index contributed by atoms with van der Waals surface area (Å²) in [6.45, 7) is 4.86. The molecule has 2 aromatic heterocycles. The molecule has 2 aromatic carbocycles. The highest BCUT2D eigenvalue weighted by molar-refractivity contribution is 7.98. The molecule has 0 atom stereocenters. The van der Waals surface area contributed by atoms with Crippen molar-refractivity contribution in [2.75, 3.05) is 0 Å². The average Bonchev–Trinajstić information content (AvgIpc) is 3.09. The van der Waals surface area contributed by atoms with Crippen LogP contribution in [-0.2, 0) is 19.3 Å². The van der Waals surface area contributed by atoms with Crippen molar-refractivity contribution in [2.24, 2.45) is 13.0 Å². The molecule has 0 saturated heterocycles. The molecule has 4 rings (SSSR count). The molecule has 0 aliphatic rings. The summed E-state index contributed by atoms with van der Waals surface area (Å²) in [5.41, 5.74) is 3.99. The summed E-state index contributed by atoms with van der Waals surface area (Å²) in [7, 11) is 1.88. The van der Waals surface area contributed by atoms with Crippen LogP contribution in [0.5, 0.6) is 0 Å². The van der Waals surface area contributed by atoms with Gasteiger partial charge in [-0.2, -0.15) is 0 Å². The van der Waals surface area contributed by atoms with Crippen molar-refractivity contribution in [2.45, 2.75) is 37.7 Å². The van der Waals surface area contributed by atoms with Gasteiger partial charge in [-0.1, -0.05) is 73.6 Å². The van der Waals surface area contributed by atoms with Crippen LogP contribution in [0.3, 0.4) is 0 Å². The van der Waals surface area contributed by atoms with Crippen molar-refractivity contribution < 1.29 is 4.39 Å². The number of halogens is 2. The number of aromatic nitrogens is 3. The number of hydrogen-bond acceptors (Lipinski definition) is 3. The molecule has 32 heavy (non-hydrogen) atoms. The summed E-state index contributed by atoms with van der Waals surface area (Å²) in [5.74, 6) is 0.580. The second-order valence-corrected chi connectivity index (χ2v) is 9.62. The summed E-state index contributed by atoms with van der Waals surface area (Å²) in [4.78, 5) is 18.5. The van der Waals surface area contributed by atoms with E-state index in [0.717, 1.165) is 23.1 Å². The van der Waals surface area contributed by atoms with E-state index in [0.29, 0.717) is 39.4 Å². The molecule has 0 unspecified atom stereocenters. The summed E-state index contributed by atoms with van der Waals surface area (Å²) in [6.07, 6.45) is 2.83. The minimum absolute atomic E-state index is 0.0481. The lowest BCUT2D eigenvalue weighted by Gasteiger charge is -2.14. The lowest BCUT2D eigenvalue weighted by molar-refractivity contribution is 0.480. The third kappa shape index (κ3) is 4.62. The molecule has 4 nitrogen and oxygen atoms in total. The highest BCUT2D eigenvalue weighted by Gasteiger charge is 2.19. The Kier molecular flexibility index (Phi) is 6.72. The molecule has 0 N–H and O–H groups in total. The summed E-state index contributed by atoms with van der Waals surface area (Å²) in [6, 6.07) is 14.3. The number of fused-ring (bicyclic) bond motifs is 1. The van der Waals surface area contributed by atoms with E-state index in [1.54, 1.807) is 10.6 Å². The maximum atomic E-state index is 13.6. The van der Waals surface area contributed by atoms with Gasteiger partial charge in [0.25, 0.3) is 5.56 Å². The lowest BCUT2D eigenvalue weighted by atomic mass is 10.1. The van der Waals surface area contributed by atoms with Crippen LogP contribution in [0.1, 0.15) is 25.8 Å². The monoisotopic (exact) mass is 469 g/mol. The van der Waals surface area contributed by atoms with E-state index in [4.69, 9.17) is 16.6 Å². The molecular formula is C25H25ClFN3OS. The minimum Gasteiger partial charge on any atom is -0.344 e. The average molecular weight is 470 g/mol. The number of aryl methyl sites for hydroxylation is 1. The Hall–Kier alpha value is -2.57. The Morgan fingerprint density at radius 1 is 1.16 bits per heavy atom. The van der Waals surface area contributed by atoms with E-state index in [1.807, 2.05) is 48.1 Å². The van der Waals surface area contributed by atoms with E-state index in [9.17, 15) is 9.18 Å². The molecule has 7 heteroatoms. The standard InChI is InChI=1S/C25H25ClFN3OS/c1-16(2)11-12-30-24(31)23-22(20(14-29(23)3)17-7-5-4-6-8-17)28-25(30)32-15-18-9-10-19(27)13-21(18)26/h4-10,13-14,16H,11-12,15H2,1-3H3. The van der Waals surface area contributed by atoms with Crippen LogP contribution in [0.4, 0.5) is 4.39 Å². The zero-order valence-corrected chi connectivity index (χ0v) is 19.9. The molecule has 4 aromatic rings. The van der Waals surface area contributed by atoms with Crippen molar-refractivity contribution >= 4 is 34.4 Å². The molecule has 0 aliphatic heterocycles. The quantitative estimate of drug-likeness (QED) is 0.228. The molecule has 0 fully saturated rings. The third-order valence-corrected chi connectivity index (χ3v) is 6.80. The highest BCUT2D eigenvalue weighted by Crippen LogP contribution is 2.31. The van der Waals surface area contributed by atoms with Crippen LogP contribution >= 0.6 is 23.4 Å². The van der Waals surface area contributed by atoms with Gasteiger partial charge in [-0.05, 0) is 35.6 Å². The van der Waals surface area contributed by atoms with Gasteiger partial charge in [-0.15, -0.1) is 0 Å². The molecule has 0 bridgehead atoms. The van der Waals surface area contributed by atoms with Crippen LogP contribution in [0.15, 0.2) is 64.7 Å². The summed E-state index contributed by atoms with van der Waals surface area (Å²) < 4.78 is 17.1. The summed E-state index contributed by atoms with van der Waals surface area (Å²) >= 11 is 7.68. The Bertz CT molecular complexity index is 1310. The first-order valence-electron chi connectivity index (χ1n) is 10.6. The van der Waals surface area contributed by atoms with E-state index in [-0.39, 0.29) is 11.4 Å². The second kappa shape index (κ2) is 9.51. The molecule has 2 heterocycles. The molecule has 0 saturated carbocycles. The van der Waals surface area contributed by atoms with Crippen LogP contribution in [0.2, 0.25) is 5.02 Å². The van der Waals surface area contributed by atoms with Gasteiger partial charge in [0, 0.05) is 36.1 Å². The first-order chi connectivity index (χ1) is 15.3. The Labute approximate surface area is 196 Å². The zero-order chi connectivity index (χ0) is 22.8. The van der Waals surface area contributed by atoms with E-state index >= 15 is 0 Å². The largest absolute Gasteiger partial charge is 0.344 e. The normalized spacial score (nSPS) is 11.6. The first-order valence-corrected chi connectivity index (χ1v) is 11.9. The molecule has 0 amide bonds. The Morgan fingerprint density at radius 3 is 2.59 bits per heavy atom. The number of thioether (sulfide) groups is 1.